The minimum absolute atomic E-state index is 0.0683. The first-order valence-electron chi connectivity index (χ1n) is 3.22. The van der Waals surface area contributed by atoms with Crippen LogP contribution in [-0.2, 0) is 10.7 Å². The Morgan fingerprint density at radius 1 is 1.77 bits per heavy atom. The second kappa shape index (κ2) is 3.41. The smallest absolute Gasteiger partial charge is 0.309 e. The number of carboxylic acids is 1. The molecule has 72 valence electrons. The second-order valence-corrected chi connectivity index (χ2v) is 3.22. The molecule has 0 saturated carbocycles. The van der Waals surface area contributed by atoms with Crippen LogP contribution >= 0.6 is 15.9 Å². The monoisotopic (exact) mass is 254 g/mol. The molecule has 0 aliphatic rings. The molecule has 0 unspecified atom stereocenters. The quantitative estimate of drug-likeness (QED) is 0.864. The predicted molar refractivity (Wildman–Crippen MR) is 42.4 cm³/mol. The maximum Gasteiger partial charge on any atom is 0.309 e. The lowest BCUT2D eigenvalue weighted by molar-refractivity contribution is -0.145. The average molecular weight is 255 g/mol. The number of hydrogen-bond donors (Lipinski definition) is 2. The van der Waals surface area contributed by atoms with E-state index in [1.54, 1.807) is 0 Å². The summed E-state index contributed by atoms with van der Waals surface area (Å²) in [5, 5.41) is 13.6. The standard InChI is InChI=1S/C6H5BrF2N2O2/c7-3-2-10-11-5(3)6(8,9)1-4(12)13/h2H,1H2,(H,10,11)(H,12,13). The number of H-pyrrole nitrogens is 1. The van der Waals surface area contributed by atoms with E-state index in [4.69, 9.17) is 5.11 Å². The number of aromatic nitrogens is 2. The maximum atomic E-state index is 13.0. The Balaban J connectivity index is 2.93. The Bertz CT molecular complexity index is 326. The van der Waals surface area contributed by atoms with E-state index < -0.39 is 24.0 Å². The molecule has 4 nitrogen and oxygen atoms in total. The largest absolute Gasteiger partial charge is 0.481 e. The van der Waals surface area contributed by atoms with Gasteiger partial charge in [-0.15, -0.1) is 0 Å². The molecule has 0 saturated heterocycles. The number of aliphatic carboxylic acids is 1. The molecule has 0 fully saturated rings. The maximum absolute atomic E-state index is 13.0. The molecule has 1 aromatic heterocycles. The summed E-state index contributed by atoms with van der Waals surface area (Å²) in [4.78, 5) is 10.1. The van der Waals surface area contributed by atoms with Crippen molar-refractivity contribution in [3.8, 4) is 0 Å². The van der Waals surface area contributed by atoms with Crippen LogP contribution in [0, 0.1) is 0 Å². The van der Waals surface area contributed by atoms with Crippen LogP contribution in [0.3, 0.4) is 0 Å². The number of carbonyl (C=O) groups is 1. The molecule has 0 atom stereocenters. The fourth-order valence-corrected chi connectivity index (χ4v) is 1.29. The Labute approximate surface area is 80.1 Å². The van der Waals surface area contributed by atoms with E-state index in [1.165, 1.54) is 0 Å². The molecule has 0 aliphatic carbocycles. The van der Waals surface area contributed by atoms with E-state index >= 15 is 0 Å². The van der Waals surface area contributed by atoms with Crippen molar-refractivity contribution in [3.63, 3.8) is 0 Å². The third-order valence-electron chi connectivity index (χ3n) is 1.33. The van der Waals surface area contributed by atoms with Crippen molar-refractivity contribution in [1.82, 2.24) is 10.2 Å². The minimum atomic E-state index is -3.43. The first-order chi connectivity index (χ1) is 5.93. The lowest BCUT2D eigenvalue weighted by Crippen LogP contribution is -2.19. The Morgan fingerprint density at radius 2 is 2.38 bits per heavy atom. The van der Waals surface area contributed by atoms with E-state index in [2.05, 4.69) is 21.0 Å². The van der Waals surface area contributed by atoms with Crippen LogP contribution in [0.5, 0.6) is 0 Å². The fraction of sp³-hybridized carbons (Fsp3) is 0.333. The van der Waals surface area contributed by atoms with Crippen LogP contribution in [-0.4, -0.2) is 21.3 Å². The molecule has 7 heteroatoms. The van der Waals surface area contributed by atoms with Crippen LogP contribution in [0.4, 0.5) is 8.78 Å². The third-order valence-corrected chi connectivity index (χ3v) is 1.93. The van der Waals surface area contributed by atoms with Gasteiger partial charge in [0, 0.05) is 0 Å². The Hall–Kier alpha value is -0.980. The van der Waals surface area contributed by atoms with Crippen LogP contribution < -0.4 is 0 Å². The van der Waals surface area contributed by atoms with E-state index in [1.807, 2.05) is 5.10 Å². The summed E-state index contributed by atoms with van der Waals surface area (Å²) >= 11 is 2.83. The van der Waals surface area contributed by atoms with Gasteiger partial charge < -0.3 is 5.11 Å². The van der Waals surface area contributed by atoms with E-state index in [0.29, 0.717) is 0 Å². The summed E-state index contributed by atoms with van der Waals surface area (Å²) in [6.45, 7) is 0. The van der Waals surface area contributed by atoms with Gasteiger partial charge in [0.15, 0.2) is 0 Å². The fourth-order valence-electron chi connectivity index (χ4n) is 0.806. The second-order valence-electron chi connectivity index (χ2n) is 2.37. The molecule has 0 amide bonds. The highest BCUT2D eigenvalue weighted by atomic mass is 79.9. The summed E-state index contributed by atoms with van der Waals surface area (Å²) in [5.74, 6) is -4.99. The van der Waals surface area contributed by atoms with E-state index in [9.17, 15) is 13.6 Å². The SMILES string of the molecule is O=C(O)CC(F)(F)c1[nH]ncc1Br. The molecular weight excluding hydrogens is 250 g/mol. The van der Waals surface area contributed by atoms with Gasteiger partial charge in [0.05, 0.1) is 10.7 Å². The van der Waals surface area contributed by atoms with Crippen molar-refractivity contribution in [3.05, 3.63) is 16.4 Å². The van der Waals surface area contributed by atoms with Crippen molar-refractivity contribution >= 4 is 21.9 Å². The highest BCUT2D eigenvalue weighted by Gasteiger charge is 2.38. The molecule has 2 N–H and O–H groups in total. The van der Waals surface area contributed by atoms with Crippen LogP contribution in [0.25, 0.3) is 0 Å². The van der Waals surface area contributed by atoms with E-state index in [0.717, 1.165) is 6.20 Å². The molecule has 0 radical (unpaired) electrons. The van der Waals surface area contributed by atoms with Gasteiger partial charge in [-0.05, 0) is 15.9 Å². The predicted octanol–water partition coefficient (Wildman–Crippen LogP) is 1.74. The summed E-state index contributed by atoms with van der Waals surface area (Å²) < 4.78 is 26.1. The number of halogens is 3. The van der Waals surface area contributed by atoms with Gasteiger partial charge in [-0.3, -0.25) is 9.89 Å². The Kier molecular flexibility index (Phi) is 2.65. The first kappa shape index (κ1) is 10.1. The molecule has 1 aromatic rings. The lowest BCUT2D eigenvalue weighted by atomic mass is 10.2. The van der Waals surface area contributed by atoms with Crippen molar-refractivity contribution in [2.75, 3.05) is 0 Å². The van der Waals surface area contributed by atoms with Gasteiger partial charge in [0.25, 0.3) is 0 Å². The Morgan fingerprint density at radius 3 is 2.77 bits per heavy atom. The summed E-state index contributed by atoms with van der Waals surface area (Å²) in [6.07, 6.45) is -0.112. The van der Waals surface area contributed by atoms with Crippen LogP contribution in [0.1, 0.15) is 12.1 Å². The highest BCUT2D eigenvalue weighted by Crippen LogP contribution is 2.34. The molecule has 0 aliphatic heterocycles. The summed E-state index contributed by atoms with van der Waals surface area (Å²) in [6, 6.07) is 0. The van der Waals surface area contributed by atoms with Crippen molar-refractivity contribution < 1.29 is 18.7 Å². The molecule has 1 rings (SSSR count). The highest BCUT2D eigenvalue weighted by molar-refractivity contribution is 9.10. The molecule has 0 aromatic carbocycles. The lowest BCUT2D eigenvalue weighted by Gasteiger charge is -2.11. The van der Waals surface area contributed by atoms with Gasteiger partial charge >= 0.3 is 11.9 Å². The third kappa shape index (κ3) is 2.24. The normalized spacial score (nSPS) is 11.6. The minimum Gasteiger partial charge on any atom is -0.481 e. The zero-order valence-corrected chi connectivity index (χ0v) is 7.81. The van der Waals surface area contributed by atoms with Crippen LogP contribution in [0.15, 0.2) is 10.7 Å². The zero-order chi connectivity index (χ0) is 10.1. The number of hydrogen-bond acceptors (Lipinski definition) is 2. The van der Waals surface area contributed by atoms with Crippen LogP contribution in [0.2, 0.25) is 0 Å². The summed E-state index contributed by atoms with van der Waals surface area (Å²) in [5.41, 5.74) is -0.519. The topological polar surface area (TPSA) is 66.0 Å². The molecule has 13 heavy (non-hydrogen) atoms. The molecular formula is C6H5BrF2N2O2. The number of carboxylic acid groups (broad SMARTS) is 1. The van der Waals surface area contributed by atoms with Gasteiger partial charge in [-0.25, -0.2) is 0 Å². The molecule has 0 bridgehead atoms. The average Bonchev–Trinajstić information content (AvgIpc) is 2.32. The summed E-state index contributed by atoms with van der Waals surface area (Å²) in [7, 11) is 0. The number of alkyl halides is 2. The first-order valence-corrected chi connectivity index (χ1v) is 4.02. The van der Waals surface area contributed by atoms with E-state index in [-0.39, 0.29) is 4.47 Å². The van der Waals surface area contributed by atoms with Gasteiger partial charge in [-0.2, -0.15) is 13.9 Å². The number of rotatable bonds is 3. The van der Waals surface area contributed by atoms with Gasteiger partial charge in [0.2, 0.25) is 0 Å². The number of aromatic amines is 1. The van der Waals surface area contributed by atoms with Gasteiger partial charge in [0.1, 0.15) is 12.1 Å². The van der Waals surface area contributed by atoms with Crippen molar-refractivity contribution in [1.29, 1.82) is 0 Å². The number of nitrogens with one attached hydrogen (secondary N) is 1. The number of nitrogens with zero attached hydrogens (tertiary/aromatic N) is 1. The molecule has 0 spiro atoms. The van der Waals surface area contributed by atoms with Gasteiger partial charge in [-0.1, -0.05) is 0 Å². The van der Waals surface area contributed by atoms with Crippen molar-refractivity contribution in [2.24, 2.45) is 0 Å². The zero-order valence-electron chi connectivity index (χ0n) is 6.22. The van der Waals surface area contributed by atoms with Crippen molar-refractivity contribution in [2.45, 2.75) is 12.3 Å². The molecule has 1 heterocycles.